The molecule has 3 nitrogen and oxygen atoms in total. The topological polar surface area (TPSA) is 32.3 Å². The minimum Gasteiger partial charge on any atom is -0.327 e. The van der Waals surface area contributed by atoms with Gasteiger partial charge in [0, 0.05) is 19.0 Å². The van der Waals surface area contributed by atoms with Gasteiger partial charge in [-0.15, -0.1) is 0 Å². The van der Waals surface area contributed by atoms with Gasteiger partial charge in [-0.3, -0.25) is 4.79 Å². The Morgan fingerprint density at radius 3 is 2.50 bits per heavy atom. The largest absolute Gasteiger partial charge is 0.412 e. The molecule has 104 valence electrons. The molecule has 0 aromatic carbocycles. The van der Waals surface area contributed by atoms with Gasteiger partial charge in [0.1, 0.15) is 0 Å². The second kappa shape index (κ2) is 4.72. The lowest BCUT2D eigenvalue weighted by atomic mass is 9.83. The minimum absolute atomic E-state index is 0.00972. The van der Waals surface area contributed by atoms with Gasteiger partial charge in [-0.2, -0.15) is 13.2 Å². The highest BCUT2D eigenvalue weighted by Gasteiger charge is 2.61. The summed E-state index contributed by atoms with van der Waals surface area (Å²) in [5, 5.41) is 2.60. The van der Waals surface area contributed by atoms with Crippen LogP contribution in [-0.4, -0.2) is 42.7 Å². The molecule has 1 aliphatic heterocycles. The summed E-state index contributed by atoms with van der Waals surface area (Å²) in [7, 11) is 1.50. The van der Waals surface area contributed by atoms with Crippen LogP contribution in [-0.2, 0) is 4.79 Å². The first-order valence-electron chi connectivity index (χ1n) is 6.45. The first kappa shape index (κ1) is 13.6. The van der Waals surface area contributed by atoms with E-state index in [1.807, 2.05) is 0 Å². The van der Waals surface area contributed by atoms with Crippen molar-refractivity contribution in [3.63, 3.8) is 0 Å². The van der Waals surface area contributed by atoms with Crippen LogP contribution in [0.4, 0.5) is 13.2 Å². The highest BCUT2D eigenvalue weighted by Crippen LogP contribution is 2.44. The molecular formula is C12H19F3N2O. The van der Waals surface area contributed by atoms with Gasteiger partial charge in [-0.05, 0) is 32.7 Å². The maximum atomic E-state index is 13.4. The predicted molar refractivity (Wildman–Crippen MR) is 61.0 cm³/mol. The summed E-state index contributed by atoms with van der Waals surface area (Å²) >= 11 is 0. The van der Waals surface area contributed by atoms with Crippen molar-refractivity contribution in [2.24, 2.45) is 5.92 Å². The smallest absolute Gasteiger partial charge is 0.327 e. The minimum atomic E-state index is -4.37. The molecule has 0 aromatic heterocycles. The number of halogens is 3. The quantitative estimate of drug-likeness (QED) is 0.844. The molecule has 2 fully saturated rings. The summed E-state index contributed by atoms with van der Waals surface area (Å²) in [5.74, 6) is -0.479. The Balaban J connectivity index is 2.23. The SMILES string of the molecule is CNCC1(C(F)(F)F)CCCN1C(=O)C1CCC1. The van der Waals surface area contributed by atoms with Crippen LogP contribution >= 0.6 is 0 Å². The van der Waals surface area contributed by atoms with Crippen molar-refractivity contribution in [3.05, 3.63) is 0 Å². The molecule has 6 heteroatoms. The van der Waals surface area contributed by atoms with Gasteiger partial charge in [0.15, 0.2) is 5.54 Å². The normalized spacial score (nSPS) is 29.4. The molecule has 1 heterocycles. The first-order chi connectivity index (χ1) is 8.42. The summed E-state index contributed by atoms with van der Waals surface area (Å²) < 4.78 is 40.1. The molecule has 0 bridgehead atoms. The fourth-order valence-electron chi connectivity index (χ4n) is 2.95. The molecule has 1 atom stereocenters. The first-order valence-corrected chi connectivity index (χ1v) is 6.45. The van der Waals surface area contributed by atoms with Crippen molar-refractivity contribution in [2.75, 3.05) is 20.1 Å². The average Bonchev–Trinajstić information content (AvgIpc) is 2.59. The van der Waals surface area contributed by atoms with Gasteiger partial charge in [-0.1, -0.05) is 6.42 Å². The zero-order valence-corrected chi connectivity index (χ0v) is 10.5. The Hall–Kier alpha value is -0.780. The number of hydrogen-bond donors (Lipinski definition) is 1. The molecule has 2 aliphatic rings. The van der Waals surface area contributed by atoms with Crippen LogP contribution in [0.3, 0.4) is 0 Å². The monoisotopic (exact) mass is 264 g/mol. The van der Waals surface area contributed by atoms with Crippen molar-refractivity contribution in [1.29, 1.82) is 0 Å². The van der Waals surface area contributed by atoms with Crippen LogP contribution in [0, 0.1) is 5.92 Å². The van der Waals surface area contributed by atoms with Gasteiger partial charge in [0.2, 0.25) is 5.91 Å². The maximum absolute atomic E-state index is 13.4. The lowest BCUT2D eigenvalue weighted by Gasteiger charge is -2.42. The van der Waals surface area contributed by atoms with Crippen LogP contribution in [0.1, 0.15) is 32.1 Å². The van der Waals surface area contributed by atoms with E-state index >= 15 is 0 Å². The maximum Gasteiger partial charge on any atom is 0.412 e. The zero-order chi connectivity index (χ0) is 13.4. The summed E-state index contributed by atoms with van der Waals surface area (Å²) in [6, 6.07) is 0. The van der Waals surface area contributed by atoms with E-state index in [1.165, 1.54) is 7.05 Å². The fourth-order valence-corrected chi connectivity index (χ4v) is 2.95. The van der Waals surface area contributed by atoms with Crippen LogP contribution < -0.4 is 5.32 Å². The Morgan fingerprint density at radius 1 is 1.39 bits per heavy atom. The van der Waals surface area contributed by atoms with Gasteiger partial charge < -0.3 is 10.2 Å². The van der Waals surface area contributed by atoms with E-state index < -0.39 is 11.7 Å². The van der Waals surface area contributed by atoms with Crippen LogP contribution in [0.5, 0.6) is 0 Å². The number of nitrogens with zero attached hydrogens (tertiary/aromatic N) is 1. The molecule has 2 rings (SSSR count). The van der Waals surface area contributed by atoms with Gasteiger partial charge in [0.25, 0.3) is 0 Å². The van der Waals surface area contributed by atoms with Gasteiger partial charge in [0.05, 0.1) is 0 Å². The third-order valence-corrected chi connectivity index (χ3v) is 4.21. The Bertz CT molecular complexity index is 328. The van der Waals surface area contributed by atoms with E-state index in [1.54, 1.807) is 0 Å². The van der Waals surface area contributed by atoms with Crippen molar-refractivity contribution in [1.82, 2.24) is 10.2 Å². The number of likely N-dealkylation sites (tertiary alicyclic amines) is 1. The van der Waals surface area contributed by atoms with E-state index in [-0.39, 0.29) is 31.3 Å². The van der Waals surface area contributed by atoms with Crippen LogP contribution in [0.15, 0.2) is 0 Å². The summed E-state index contributed by atoms with van der Waals surface area (Å²) in [6.07, 6.45) is -1.50. The Morgan fingerprint density at radius 2 is 2.06 bits per heavy atom. The van der Waals surface area contributed by atoms with E-state index in [9.17, 15) is 18.0 Å². The number of nitrogens with one attached hydrogen (secondary N) is 1. The number of hydrogen-bond acceptors (Lipinski definition) is 2. The number of amides is 1. The van der Waals surface area contributed by atoms with Gasteiger partial charge >= 0.3 is 6.18 Å². The number of carbonyl (C=O) groups excluding carboxylic acids is 1. The second-order valence-electron chi connectivity index (χ2n) is 5.28. The van der Waals surface area contributed by atoms with E-state index in [0.717, 1.165) is 24.2 Å². The van der Waals surface area contributed by atoms with Crippen molar-refractivity contribution >= 4 is 5.91 Å². The van der Waals surface area contributed by atoms with Gasteiger partial charge in [-0.25, -0.2) is 0 Å². The summed E-state index contributed by atoms with van der Waals surface area (Å²) in [4.78, 5) is 13.3. The average molecular weight is 264 g/mol. The van der Waals surface area contributed by atoms with Crippen LogP contribution in [0.25, 0.3) is 0 Å². The highest BCUT2D eigenvalue weighted by molar-refractivity contribution is 5.81. The van der Waals surface area contributed by atoms with Crippen LogP contribution in [0.2, 0.25) is 0 Å². The molecule has 18 heavy (non-hydrogen) atoms. The molecule has 0 radical (unpaired) electrons. The zero-order valence-electron chi connectivity index (χ0n) is 10.5. The Labute approximate surface area is 105 Å². The molecule has 1 unspecified atom stereocenters. The van der Waals surface area contributed by atoms with Crippen molar-refractivity contribution < 1.29 is 18.0 Å². The molecule has 1 aliphatic carbocycles. The van der Waals surface area contributed by atoms with Crippen molar-refractivity contribution in [2.45, 2.75) is 43.8 Å². The number of rotatable bonds is 3. The third kappa shape index (κ3) is 2.00. The van der Waals surface area contributed by atoms with Crippen molar-refractivity contribution in [3.8, 4) is 0 Å². The summed E-state index contributed by atoms with van der Waals surface area (Å²) in [5.41, 5.74) is -1.99. The molecular weight excluding hydrogens is 245 g/mol. The molecule has 0 aromatic rings. The Kier molecular flexibility index (Phi) is 3.58. The molecule has 1 saturated carbocycles. The number of alkyl halides is 3. The highest BCUT2D eigenvalue weighted by atomic mass is 19.4. The predicted octanol–water partition coefficient (Wildman–Crippen LogP) is 1.93. The standard InChI is InChI=1S/C12H19F3N2O/c1-16-8-11(12(13,14)15)6-3-7-17(11)10(18)9-4-2-5-9/h9,16H,2-8H2,1H3. The fraction of sp³-hybridized carbons (Fsp3) is 0.917. The second-order valence-corrected chi connectivity index (χ2v) is 5.28. The summed E-state index contributed by atoms with van der Waals surface area (Å²) in [6.45, 7) is 0.0193. The molecule has 1 N–H and O–H groups in total. The molecule has 1 saturated heterocycles. The third-order valence-electron chi connectivity index (χ3n) is 4.21. The van der Waals surface area contributed by atoms with E-state index in [4.69, 9.17) is 0 Å². The lowest BCUT2D eigenvalue weighted by molar-refractivity contribution is -0.224. The number of carbonyl (C=O) groups is 1. The van der Waals surface area contributed by atoms with E-state index in [2.05, 4.69) is 5.32 Å². The molecule has 1 amide bonds. The number of likely N-dealkylation sites (N-methyl/N-ethyl adjacent to an activating group) is 1. The molecule has 0 spiro atoms. The van der Waals surface area contributed by atoms with E-state index in [0.29, 0.717) is 6.42 Å². The lowest BCUT2D eigenvalue weighted by Crippen LogP contribution is -2.63.